The summed E-state index contributed by atoms with van der Waals surface area (Å²) in [5, 5.41) is 3.23. The van der Waals surface area contributed by atoms with Crippen molar-refractivity contribution in [3.8, 4) is 11.3 Å². The van der Waals surface area contributed by atoms with Crippen molar-refractivity contribution < 1.29 is 0 Å². The van der Waals surface area contributed by atoms with Crippen molar-refractivity contribution in [3.63, 3.8) is 0 Å². The molecule has 2 aromatic heterocycles. The van der Waals surface area contributed by atoms with Gasteiger partial charge in [-0.05, 0) is 23.8 Å². The molecule has 1 aromatic carbocycles. The molecule has 0 fully saturated rings. The summed E-state index contributed by atoms with van der Waals surface area (Å²) in [6, 6.07) is 14.4. The Hall–Kier alpha value is -2.88. The van der Waals surface area contributed by atoms with Crippen LogP contribution < -0.4 is 5.32 Å². The average Bonchev–Trinajstić information content (AvgIpc) is 3.22. The van der Waals surface area contributed by atoms with Crippen LogP contribution in [-0.2, 0) is 0 Å². The molecule has 0 bridgehead atoms. The highest BCUT2D eigenvalue weighted by atomic mass is 15.1. The molecule has 0 saturated carbocycles. The van der Waals surface area contributed by atoms with E-state index in [9.17, 15) is 0 Å². The van der Waals surface area contributed by atoms with Crippen molar-refractivity contribution in [2.45, 2.75) is 0 Å². The molecule has 0 amide bonds. The van der Waals surface area contributed by atoms with E-state index in [1.165, 1.54) is 0 Å². The van der Waals surface area contributed by atoms with Gasteiger partial charge in [0.15, 0.2) is 0 Å². The van der Waals surface area contributed by atoms with Gasteiger partial charge in [0.1, 0.15) is 11.5 Å². The fourth-order valence-corrected chi connectivity index (χ4v) is 2.54. The second-order valence-electron chi connectivity index (χ2n) is 5.24. The van der Waals surface area contributed by atoms with Gasteiger partial charge in [-0.3, -0.25) is 4.99 Å². The van der Waals surface area contributed by atoms with E-state index in [2.05, 4.69) is 51.8 Å². The Morgan fingerprint density at radius 1 is 1.05 bits per heavy atom. The van der Waals surface area contributed by atoms with E-state index in [4.69, 9.17) is 0 Å². The Labute approximate surface area is 128 Å². The lowest BCUT2D eigenvalue weighted by Crippen LogP contribution is -2.15. The van der Waals surface area contributed by atoms with Gasteiger partial charge in [0.25, 0.3) is 0 Å². The van der Waals surface area contributed by atoms with Gasteiger partial charge in [-0.2, -0.15) is 0 Å². The van der Waals surface area contributed by atoms with Crippen molar-refractivity contribution in [2.75, 3.05) is 13.1 Å². The standard InChI is InChI=1S/C18H16N4/c1-2-12-22-13-16(21-18(22)3-1)15-7-4-14(5-8-15)6-9-17-19-10-11-20-17/h1-9,12-13H,10-11H2,(H,19,20). The number of amidine groups is 1. The van der Waals surface area contributed by atoms with Crippen molar-refractivity contribution in [1.82, 2.24) is 14.7 Å². The van der Waals surface area contributed by atoms with Gasteiger partial charge in [0, 0.05) is 24.5 Å². The fraction of sp³-hybridized carbons (Fsp3) is 0.111. The van der Waals surface area contributed by atoms with Crippen molar-refractivity contribution >= 4 is 17.6 Å². The maximum atomic E-state index is 4.64. The van der Waals surface area contributed by atoms with E-state index < -0.39 is 0 Å². The minimum atomic E-state index is 0.868. The van der Waals surface area contributed by atoms with Crippen LogP contribution >= 0.6 is 0 Å². The quantitative estimate of drug-likeness (QED) is 0.805. The smallest absolute Gasteiger partial charge is 0.137 e. The zero-order valence-electron chi connectivity index (χ0n) is 12.1. The fourth-order valence-electron chi connectivity index (χ4n) is 2.54. The number of fused-ring (bicyclic) bond motifs is 1. The Morgan fingerprint density at radius 2 is 1.95 bits per heavy atom. The largest absolute Gasteiger partial charge is 0.369 e. The van der Waals surface area contributed by atoms with Gasteiger partial charge in [-0.25, -0.2) is 4.98 Å². The predicted octanol–water partition coefficient (Wildman–Crippen LogP) is 3.02. The second kappa shape index (κ2) is 5.48. The van der Waals surface area contributed by atoms with Crippen molar-refractivity contribution in [2.24, 2.45) is 4.99 Å². The van der Waals surface area contributed by atoms with E-state index in [1.807, 2.05) is 34.9 Å². The predicted molar refractivity (Wildman–Crippen MR) is 90.0 cm³/mol. The third-order valence-electron chi connectivity index (χ3n) is 3.70. The van der Waals surface area contributed by atoms with Crippen LogP contribution in [0.25, 0.3) is 23.0 Å². The normalized spacial score (nSPS) is 14.5. The molecule has 0 radical (unpaired) electrons. The number of pyridine rings is 1. The summed E-state index contributed by atoms with van der Waals surface area (Å²) >= 11 is 0. The third-order valence-corrected chi connectivity index (χ3v) is 3.70. The molecule has 1 aliphatic rings. The number of aromatic nitrogens is 2. The molecule has 4 nitrogen and oxygen atoms in total. The first-order valence-corrected chi connectivity index (χ1v) is 7.39. The minimum Gasteiger partial charge on any atom is -0.369 e. The van der Waals surface area contributed by atoms with Crippen molar-refractivity contribution in [1.29, 1.82) is 0 Å². The lowest BCUT2D eigenvalue weighted by atomic mass is 10.1. The molecule has 0 unspecified atom stereocenters. The lowest BCUT2D eigenvalue weighted by molar-refractivity contribution is 0.961. The molecular formula is C18H16N4. The number of hydrogen-bond donors (Lipinski definition) is 1. The number of benzene rings is 1. The highest BCUT2D eigenvalue weighted by molar-refractivity contribution is 5.97. The zero-order valence-corrected chi connectivity index (χ0v) is 12.1. The Kier molecular flexibility index (Phi) is 3.20. The van der Waals surface area contributed by atoms with Crippen LogP contribution in [-0.4, -0.2) is 28.3 Å². The molecule has 0 saturated heterocycles. The molecule has 0 atom stereocenters. The molecule has 4 heteroatoms. The average molecular weight is 288 g/mol. The highest BCUT2D eigenvalue weighted by Gasteiger charge is 2.04. The molecule has 3 heterocycles. The van der Waals surface area contributed by atoms with Gasteiger partial charge in [-0.15, -0.1) is 0 Å². The second-order valence-corrected chi connectivity index (χ2v) is 5.24. The van der Waals surface area contributed by atoms with Crippen LogP contribution in [0.15, 0.2) is 65.9 Å². The van der Waals surface area contributed by atoms with E-state index in [-0.39, 0.29) is 0 Å². The maximum Gasteiger partial charge on any atom is 0.137 e. The summed E-state index contributed by atoms with van der Waals surface area (Å²) in [5.74, 6) is 0.962. The van der Waals surface area contributed by atoms with E-state index in [0.29, 0.717) is 0 Å². The van der Waals surface area contributed by atoms with Gasteiger partial charge in [-0.1, -0.05) is 36.4 Å². The topological polar surface area (TPSA) is 41.7 Å². The Balaban J connectivity index is 1.58. The van der Waals surface area contributed by atoms with Crippen molar-refractivity contribution in [3.05, 3.63) is 66.5 Å². The van der Waals surface area contributed by atoms with Crippen LogP contribution in [0, 0.1) is 0 Å². The molecule has 22 heavy (non-hydrogen) atoms. The van der Waals surface area contributed by atoms with E-state index in [1.54, 1.807) is 0 Å². The van der Waals surface area contributed by atoms with Gasteiger partial charge < -0.3 is 9.72 Å². The number of nitrogens with zero attached hydrogens (tertiary/aromatic N) is 3. The summed E-state index contributed by atoms with van der Waals surface area (Å²) in [7, 11) is 0. The summed E-state index contributed by atoms with van der Waals surface area (Å²) in [5.41, 5.74) is 4.23. The number of imidazole rings is 1. The highest BCUT2D eigenvalue weighted by Crippen LogP contribution is 2.20. The van der Waals surface area contributed by atoms with Gasteiger partial charge in [0.05, 0.1) is 12.2 Å². The first-order valence-electron chi connectivity index (χ1n) is 7.39. The summed E-state index contributed by atoms with van der Waals surface area (Å²) in [6.07, 6.45) is 8.16. The monoisotopic (exact) mass is 288 g/mol. The van der Waals surface area contributed by atoms with Crippen LogP contribution in [0.4, 0.5) is 0 Å². The Bertz CT molecular complexity index is 823. The molecular weight excluding hydrogens is 272 g/mol. The van der Waals surface area contributed by atoms with Crippen LogP contribution in [0.3, 0.4) is 0 Å². The number of aliphatic imine (C=N–C) groups is 1. The van der Waals surface area contributed by atoms with E-state index >= 15 is 0 Å². The molecule has 4 rings (SSSR count). The molecule has 108 valence electrons. The van der Waals surface area contributed by atoms with E-state index in [0.717, 1.165) is 41.4 Å². The maximum absolute atomic E-state index is 4.64. The third kappa shape index (κ3) is 2.51. The lowest BCUT2D eigenvalue weighted by Gasteiger charge is -1.98. The summed E-state index contributed by atoms with van der Waals surface area (Å²) in [4.78, 5) is 8.98. The summed E-state index contributed by atoms with van der Waals surface area (Å²) < 4.78 is 2.03. The molecule has 3 aromatic rings. The number of hydrogen-bond acceptors (Lipinski definition) is 3. The SMILES string of the molecule is C(=Cc1ccc(-c2cn3ccccc3n2)cc1)C1=NCCN1. The van der Waals surface area contributed by atoms with Crippen LogP contribution in [0.1, 0.15) is 5.56 Å². The number of nitrogens with one attached hydrogen (secondary N) is 1. The number of rotatable bonds is 3. The molecule has 1 N–H and O–H groups in total. The molecule has 0 spiro atoms. The molecule has 0 aliphatic carbocycles. The Morgan fingerprint density at radius 3 is 2.73 bits per heavy atom. The first-order chi connectivity index (χ1) is 10.9. The zero-order chi connectivity index (χ0) is 14.8. The minimum absolute atomic E-state index is 0.868. The van der Waals surface area contributed by atoms with Gasteiger partial charge in [0.2, 0.25) is 0 Å². The van der Waals surface area contributed by atoms with Gasteiger partial charge >= 0.3 is 0 Å². The van der Waals surface area contributed by atoms with Crippen LogP contribution in [0.2, 0.25) is 0 Å². The van der Waals surface area contributed by atoms with Crippen LogP contribution in [0.5, 0.6) is 0 Å². The first kappa shape index (κ1) is 12.8. The molecule has 1 aliphatic heterocycles. The summed E-state index contributed by atoms with van der Waals surface area (Å²) in [6.45, 7) is 1.80.